The predicted molar refractivity (Wildman–Crippen MR) is 138 cm³/mol. The molecule has 10 heteroatoms. The van der Waals surface area contributed by atoms with E-state index in [1.165, 1.54) is 0 Å². The molecule has 0 amide bonds. The summed E-state index contributed by atoms with van der Waals surface area (Å²) in [6.45, 7) is 15.1. The van der Waals surface area contributed by atoms with E-state index < -0.39 is 57.2 Å². The number of halogens is 5. The third kappa shape index (κ3) is 7.12. The zero-order chi connectivity index (χ0) is 29.4. The van der Waals surface area contributed by atoms with Gasteiger partial charge >= 0.3 is 12.1 Å². The number of thioether (sulfide) groups is 1. The molecule has 0 N–H and O–H groups in total. The smallest absolute Gasteiger partial charge is 0.434 e. The van der Waals surface area contributed by atoms with Gasteiger partial charge in [0.1, 0.15) is 5.69 Å². The van der Waals surface area contributed by atoms with Crippen molar-refractivity contribution in [3.05, 3.63) is 57.4 Å². The number of esters is 1. The Bertz CT molecular complexity index is 1210. The average Bonchev–Trinajstić information content (AvgIpc) is 2.75. The Hall–Kier alpha value is -2.49. The van der Waals surface area contributed by atoms with Gasteiger partial charge in [0.15, 0.2) is 5.69 Å². The third-order valence-electron chi connectivity index (χ3n) is 5.87. The summed E-state index contributed by atoms with van der Waals surface area (Å²) in [5, 5.41) is -1.04. The number of carbonyl (C=O) groups is 2. The van der Waals surface area contributed by atoms with E-state index in [1.54, 1.807) is 19.9 Å². The summed E-state index contributed by atoms with van der Waals surface area (Å²) in [7, 11) is 0.928. The lowest BCUT2D eigenvalue weighted by molar-refractivity contribution is -0.141. The van der Waals surface area contributed by atoms with Crippen LogP contribution in [0, 0.1) is 5.92 Å². The van der Waals surface area contributed by atoms with Gasteiger partial charge in [-0.25, -0.2) is 18.6 Å². The molecule has 1 aromatic heterocycles. The molecule has 38 heavy (non-hydrogen) atoms. The van der Waals surface area contributed by atoms with Crippen molar-refractivity contribution < 1.29 is 36.3 Å². The van der Waals surface area contributed by atoms with E-state index >= 15 is 0 Å². The fourth-order valence-corrected chi connectivity index (χ4v) is 5.14. The van der Waals surface area contributed by atoms with Gasteiger partial charge in [-0.15, -0.1) is 0 Å². The maximum absolute atomic E-state index is 14.2. The first kappa shape index (κ1) is 31.7. The molecule has 0 unspecified atom stereocenters. The van der Waals surface area contributed by atoms with Crippen LogP contribution >= 0.6 is 11.8 Å². The number of benzene rings is 1. The van der Waals surface area contributed by atoms with Crippen LogP contribution in [0.5, 0.6) is 0 Å². The molecule has 2 rings (SSSR count). The van der Waals surface area contributed by atoms with Crippen molar-refractivity contribution in [1.29, 1.82) is 0 Å². The summed E-state index contributed by atoms with van der Waals surface area (Å²) in [5.74, 6) is -1.65. The first-order valence-corrected chi connectivity index (χ1v) is 12.9. The third-order valence-corrected chi connectivity index (χ3v) is 6.83. The number of aromatic nitrogens is 1. The van der Waals surface area contributed by atoms with Gasteiger partial charge < -0.3 is 4.74 Å². The second-order valence-corrected chi connectivity index (χ2v) is 12.6. The molecular weight excluding hydrogens is 525 g/mol. The molecule has 2 aromatic rings. The lowest BCUT2D eigenvalue weighted by atomic mass is 9.81. The van der Waals surface area contributed by atoms with Crippen molar-refractivity contribution in [2.75, 3.05) is 7.11 Å². The van der Waals surface area contributed by atoms with Gasteiger partial charge in [0, 0.05) is 4.90 Å². The molecule has 210 valence electrons. The Morgan fingerprint density at radius 2 is 1.55 bits per heavy atom. The number of alkyl halides is 5. The number of methoxy groups -OCH3 is 1. The zero-order valence-electron chi connectivity index (χ0n) is 23.1. The predicted octanol–water partition coefficient (Wildman–Crippen LogP) is 8.55. The van der Waals surface area contributed by atoms with Crippen LogP contribution in [-0.4, -0.2) is 23.2 Å². The molecule has 1 heterocycles. The molecule has 0 aliphatic carbocycles. The van der Waals surface area contributed by atoms with Gasteiger partial charge in [0.25, 0.3) is 6.43 Å². The van der Waals surface area contributed by atoms with Gasteiger partial charge in [-0.2, -0.15) is 13.2 Å². The van der Waals surface area contributed by atoms with Crippen molar-refractivity contribution in [3.63, 3.8) is 0 Å². The van der Waals surface area contributed by atoms with Crippen LogP contribution in [0.2, 0.25) is 0 Å². The highest BCUT2D eigenvalue weighted by atomic mass is 32.2. The molecule has 0 fully saturated rings. The van der Waals surface area contributed by atoms with Crippen molar-refractivity contribution in [1.82, 2.24) is 4.98 Å². The van der Waals surface area contributed by atoms with E-state index in [0.717, 1.165) is 18.2 Å². The van der Waals surface area contributed by atoms with Crippen molar-refractivity contribution in [3.8, 4) is 0 Å². The van der Waals surface area contributed by atoms with Gasteiger partial charge in [-0.05, 0) is 57.7 Å². The standard InChI is InChI=1S/C28H34F5NO3S/c1-14(2)12-16-19(24(35)37-9)21(23(29)30)34-22(28(31,32)33)20(16)25(36)38-18-11-10-15(26(3,4)5)13-17(18)27(6,7)8/h10-11,13-14,23H,12H2,1-9H3. The number of pyridine rings is 1. The van der Waals surface area contributed by atoms with Crippen LogP contribution in [0.4, 0.5) is 22.0 Å². The Morgan fingerprint density at radius 3 is 1.97 bits per heavy atom. The van der Waals surface area contributed by atoms with Crippen LogP contribution < -0.4 is 0 Å². The van der Waals surface area contributed by atoms with Gasteiger partial charge in [-0.3, -0.25) is 4.79 Å². The van der Waals surface area contributed by atoms with E-state index in [2.05, 4.69) is 9.72 Å². The molecule has 1 aromatic carbocycles. The molecular formula is C28H34F5NO3S. The first-order chi connectivity index (χ1) is 17.2. The number of ether oxygens (including phenoxy) is 1. The van der Waals surface area contributed by atoms with Crippen molar-refractivity contribution >= 4 is 22.8 Å². The Labute approximate surface area is 224 Å². The minimum Gasteiger partial charge on any atom is -0.465 e. The summed E-state index contributed by atoms with van der Waals surface area (Å²) >= 11 is 0.565. The Balaban J connectivity index is 2.91. The van der Waals surface area contributed by atoms with E-state index in [-0.39, 0.29) is 17.8 Å². The number of nitrogens with zero attached hydrogens (tertiary/aromatic N) is 1. The fourth-order valence-electron chi connectivity index (χ4n) is 4.00. The summed E-state index contributed by atoms with van der Waals surface area (Å²) in [5.41, 5.74) is -4.20. The Kier molecular flexibility index (Phi) is 9.45. The van der Waals surface area contributed by atoms with E-state index in [9.17, 15) is 31.5 Å². The van der Waals surface area contributed by atoms with Gasteiger partial charge in [-0.1, -0.05) is 67.5 Å². The molecule has 0 spiro atoms. The van der Waals surface area contributed by atoms with Crippen LogP contribution in [-0.2, 0) is 28.2 Å². The van der Waals surface area contributed by atoms with Crippen molar-refractivity contribution in [2.24, 2.45) is 5.92 Å². The quantitative estimate of drug-likeness (QED) is 0.202. The van der Waals surface area contributed by atoms with Crippen molar-refractivity contribution in [2.45, 2.75) is 90.1 Å². The SMILES string of the molecule is COC(=O)c1c(C(F)F)nc(C(F)(F)F)c(C(=O)Sc2ccc(C(C)(C)C)cc2C(C)(C)C)c1CC(C)C. The number of hydrogen-bond acceptors (Lipinski definition) is 5. The van der Waals surface area contributed by atoms with Gasteiger partial charge in [0.2, 0.25) is 5.12 Å². The summed E-state index contributed by atoms with van der Waals surface area (Å²) in [4.78, 5) is 29.8. The lowest BCUT2D eigenvalue weighted by Gasteiger charge is -2.27. The van der Waals surface area contributed by atoms with Crippen LogP contribution in [0.15, 0.2) is 23.1 Å². The maximum atomic E-state index is 14.2. The Morgan fingerprint density at radius 1 is 0.974 bits per heavy atom. The molecule has 0 aliphatic heterocycles. The van der Waals surface area contributed by atoms with Gasteiger partial charge in [0.05, 0.1) is 18.2 Å². The van der Waals surface area contributed by atoms with E-state index in [0.29, 0.717) is 16.7 Å². The second kappa shape index (κ2) is 11.3. The maximum Gasteiger partial charge on any atom is 0.434 e. The highest BCUT2D eigenvalue weighted by Crippen LogP contribution is 2.42. The zero-order valence-corrected chi connectivity index (χ0v) is 23.9. The minimum absolute atomic E-state index is 0.217. The lowest BCUT2D eigenvalue weighted by Crippen LogP contribution is -2.24. The normalized spacial score (nSPS) is 12.8. The highest BCUT2D eigenvalue weighted by molar-refractivity contribution is 8.14. The van der Waals surface area contributed by atoms with Crippen LogP contribution in [0.3, 0.4) is 0 Å². The molecule has 4 nitrogen and oxygen atoms in total. The molecule has 0 radical (unpaired) electrons. The van der Waals surface area contributed by atoms with E-state index in [4.69, 9.17) is 0 Å². The second-order valence-electron chi connectivity index (χ2n) is 11.6. The number of hydrogen-bond donors (Lipinski definition) is 0. The number of rotatable bonds is 6. The highest BCUT2D eigenvalue weighted by Gasteiger charge is 2.43. The minimum atomic E-state index is -5.22. The average molecular weight is 560 g/mol. The molecule has 0 saturated heterocycles. The molecule has 0 saturated carbocycles. The molecule has 0 bridgehead atoms. The fraction of sp³-hybridized carbons (Fsp3) is 0.536. The summed E-state index contributed by atoms with van der Waals surface area (Å²) < 4.78 is 75.0. The summed E-state index contributed by atoms with van der Waals surface area (Å²) in [6, 6.07) is 5.41. The topological polar surface area (TPSA) is 56.3 Å². The van der Waals surface area contributed by atoms with Crippen LogP contribution in [0.25, 0.3) is 0 Å². The summed E-state index contributed by atoms with van der Waals surface area (Å²) in [6.07, 6.45) is -8.96. The molecule has 0 aliphatic rings. The van der Waals surface area contributed by atoms with E-state index in [1.807, 2.05) is 53.7 Å². The molecule has 0 atom stereocenters. The first-order valence-electron chi connectivity index (χ1n) is 12.1. The monoisotopic (exact) mass is 559 g/mol. The number of carbonyl (C=O) groups excluding carboxylic acids is 2. The largest absolute Gasteiger partial charge is 0.465 e. The van der Waals surface area contributed by atoms with Crippen LogP contribution in [0.1, 0.15) is 111 Å².